The molecule has 1 N–H and O–H groups in total. The van der Waals surface area contributed by atoms with Crippen LogP contribution in [0.25, 0.3) is 0 Å². The first-order valence-corrected chi connectivity index (χ1v) is 7.98. The summed E-state index contributed by atoms with van der Waals surface area (Å²) >= 11 is 1.65. The Hall–Kier alpha value is -1.72. The van der Waals surface area contributed by atoms with Crippen LogP contribution < -0.4 is 5.32 Å². The van der Waals surface area contributed by atoms with E-state index < -0.39 is 5.41 Å². The lowest BCUT2D eigenvalue weighted by molar-refractivity contribution is -0.130. The summed E-state index contributed by atoms with van der Waals surface area (Å²) in [6.45, 7) is 1.79. The number of hydrogen-bond acceptors (Lipinski definition) is 4. The highest BCUT2D eigenvalue weighted by Crippen LogP contribution is 2.37. The molecule has 3 heterocycles. The van der Waals surface area contributed by atoms with Gasteiger partial charge in [-0.25, -0.2) is 0 Å². The lowest BCUT2D eigenvalue weighted by atomic mass is 9.78. The summed E-state index contributed by atoms with van der Waals surface area (Å²) in [6, 6.07) is 7.91. The van der Waals surface area contributed by atoms with Gasteiger partial charge in [-0.2, -0.15) is 0 Å². The van der Waals surface area contributed by atoms with Crippen molar-refractivity contribution < 1.29 is 9.53 Å². The SMILES string of the molecule is O=C(NCc1cccnc1)C1(c2cccs2)CCOCC1. The number of hydrogen-bond donors (Lipinski definition) is 1. The molecule has 1 aliphatic rings. The van der Waals surface area contributed by atoms with Crippen LogP contribution in [-0.4, -0.2) is 24.1 Å². The first-order chi connectivity index (χ1) is 10.3. The van der Waals surface area contributed by atoms with E-state index in [1.807, 2.05) is 23.6 Å². The van der Waals surface area contributed by atoms with Crippen molar-refractivity contribution in [3.05, 3.63) is 52.5 Å². The van der Waals surface area contributed by atoms with E-state index in [-0.39, 0.29) is 5.91 Å². The molecular formula is C16H18N2O2S. The van der Waals surface area contributed by atoms with Crippen LogP contribution in [0.1, 0.15) is 23.3 Å². The molecule has 0 atom stereocenters. The lowest BCUT2D eigenvalue weighted by Gasteiger charge is -2.35. The maximum absolute atomic E-state index is 12.8. The molecule has 0 unspecified atom stereocenters. The molecule has 1 saturated heterocycles. The minimum absolute atomic E-state index is 0.0945. The van der Waals surface area contributed by atoms with Gasteiger partial charge in [0.25, 0.3) is 0 Å². The maximum atomic E-state index is 12.8. The van der Waals surface area contributed by atoms with Crippen LogP contribution in [0.15, 0.2) is 42.0 Å². The molecule has 0 saturated carbocycles. The standard InChI is InChI=1S/C16H18N2O2S/c19-15(18-12-13-3-1-7-17-11-13)16(5-8-20-9-6-16)14-4-2-10-21-14/h1-4,7,10-11H,5-6,8-9,12H2,(H,18,19). The van der Waals surface area contributed by atoms with Crippen molar-refractivity contribution in [1.82, 2.24) is 10.3 Å². The van der Waals surface area contributed by atoms with Gasteiger partial charge < -0.3 is 10.1 Å². The van der Waals surface area contributed by atoms with E-state index in [1.54, 1.807) is 23.7 Å². The minimum atomic E-state index is -0.436. The molecule has 0 bridgehead atoms. The van der Waals surface area contributed by atoms with E-state index >= 15 is 0 Å². The Morgan fingerprint density at radius 3 is 2.86 bits per heavy atom. The van der Waals surface area contributed by atoms with Crippen LogP contribution in [0.5, 0.6) is 0 Å². The van der Waals surface area contributed by atoms with Crippen molar-refractivity contribution in [2.24, 2.45) is 0 Å². The Bertz CT molecular complexity index is 578. The number of pyridine rings is 1. The van der Waals surface area contributed by atoms with E-state index in [1.165, 1.54) is 0 Å². The van der Waals surface area contributed by atoms with Crippen molar-refractivity contribution in [2.45, 2.75) is 24.8 Å². The fourth-order valence-electron chi connectivity index (χ4n) is 2.71. The van der Waals surface area contributed by atoms with Gasteiger partial charge in [-0.15, -0.1) is 11.3 Å². The second-order valence-corrected chi connectivity index (χ2v) is 6.16. The van der Waals surface area contributed by atoms with Gasteiger partial charge in [-0.3, -0.25) is 9.78 Å². The van der Waals surface area contributed by atoms with Gasteiger partial charge in [0, 0.05) is 37.0 Å². The van der Waals surface area contributed by atoms with Gasteiger partial charge in [0.05, 0.1) is 5.41 Å². The third-order valence-corrected chi connectivity index (χ3v) is 5.02. The Kier molecular flexibility index (Phi) is 4.31. The van der Waals surface area contributed by atoms with Crippen LogP contribution in [0, 0.1) is 0 Å². The summed E-state index contributed by atoms with van der Waals surface area (Å²) in [6.07, 6.45) is 5.00. The zero-order chi connectivity index (χ0) is 14.5. The normalized spacial score (nSPS) is 17.3. The molecule has 0 aromatic carbocycles. The second-order valence-electron chi connectivity index (χ2n) is 5.22. The molecule has 1 aliphatic heterocycles. The van der Waals surface area contributed by atoms with Crippen LogP contribution in [-0.2, 0) is 21.5 Å². The van der Waals surface area contributed by atoms with E-state index in [4.69, 9.17) is 4.74 Å². The number of carbonyl (C=O) groups is 1. The predicted octanol–water partition coefficient (Wildman–Crippen LogP) is 2.51. The van der Waals surface area contributed by atoms with Crippen LogP contribution in [0.3, 0.4) is 0 Å². The van der Waals surface area contributed by atoms with Crippen LogP contribution in [0.4, 0.5) is 0 Å². The molecule has 2 aromatic rings. The molecular weight excluding hydrogens is 284 g/mol. The van der Waals surface area contributed by atoms with Gasteiger partial charge in [0.15, 0.2) is 0 Å². The van der Waals surface area contributed by atoms with E-state index in [0.717, 1.165) is 23.3 Å². The molecule has 21 heavy (non-hydrogen) atoms. The molecule has 0 spiro atoms. The molecule has 1 amide bonds. The van der Waals surface area contributed by atoms with Crippen molar-refractivity contribution in [1.29, 1.82) is 0 Å². The van der Waals surface area contributed by atoms with Gasteiger partial charge >= 0.3 is 0 Å². The largest absolute Gasteiger partial charge is 0.381 e. The Balaban J connectivity index is 1.75. The number of amides is 1. The summed E-state index contributed by atoms with van der Waals surface area (Å²) in [4.78, 5) is 18.0. The van der Waals surface area contributed by atoms with Crippen LogP contribution in [0.2, 0.25) is 0 Å². The van der Waals surface area contributed by atoms with Crippen LogP contribution >= 0.6 is 11.3 Å². The molecule has 3 rings (SSSR count). The average molecular weight is 302 g/mol. The van der Waals surface area contributed by atoms with Crippen molar-refractivity contribution in [3.8, 4) is 0 Å². The molecule has 2 aromatic heterocycles. The highest BCUT2D eigenvalue weighted by Gasteiger charge is 2.42. The summed E-state index contributed by atoms with van der Waals surface area (Å²) in [5.74, 6) is 0.0945. The Labute approximate surface area is 128 Å². The molecule has 5 heteroatoms. The topological polar surface area (TPSA) is 51.2 Å². The number of nitrogens with one attached hydrogen (secondary N) is 1. The van der Waals surface area contributed by atoms with Crippen molar-refractivity contribution in [3.63, 3.8) is 0 Å². The lowest BCUT2D eigenvalue weighted by Crippen LogP contribution is -2.47. The summed E-state index contributed by atoms with van der Waals surface area (Å²) in [5.41, 5.74) is 0.577. The first kappa shape index (κ1) is 14.2. The summed E-state index contributed by atoms with van der Waals surface area (Å²) in [7, 11) is 0. The Morgan fingerprint density at radius 1 is 1.33 bits per heavy atom. The molecule has 0 radical (unpaired) electrons. The number of aromatic nitrogens is 1. The zero-order valence-electron chi connectivity index (χ0n) is 11.7. The molecule has 4 nitrogen and oxygen atoms in total. The van der Waals surface area contributed by atoms with Gasteiger partial charge in [-0.05, 0) is 35.9 Å². The smallest absolute Gasteiger partial charge is 0.231 e. The summed E-state index contributed by atoms with van der Waals surface area (Å²) in [5, 5.41) is 5.10. The Morgan fingerprint density at radius 2 is 2.19 bits per heavy atom. The third kappa shape index (κ3) is 2.99. The number of carbonyl (C=O) groups excluding carboxylic acids is 1. The van der Waals surface area contributed by atoms with Gasteiger partial charge in [0.2, 0.25) is 5.91 Å². The summed E-state index contributed by atoms with van der Waals surface area (Å²) < 4.78 is 5.45. The van der Waals surface area contributed by atoms with E-state index in [2.05, 4.69) is 16.4 Å². The van der Waals surface area contributed by atoms with E-state index in [0.29, 0.717) is 19.8 Å². The highest BCUT2D eigenvalue weighted by atomic mass is 32.1. The minimum Gasteiger partial charge on any atom is -0.381 e. The van der Waals surface area contributed by atoms with E-state index in [9.17, 15) is 4.79 Å². The molecule has 0 aliphatic carbocycles. The number of rotatable bonds is 4. The highest BCUT2D eigenvalue weighted by molar-refractivity contribution is 7.10. The first-order valence-electron chi connectivity index (χ1n) is 7.10. The monoisotopic (exact) mass is 302 g/mol. The third-order valence-electron chi connectivity index (χ3n) is 3.95. The predicted molar refractivity (Wildman–Crippen MR) is 82.1 cm³/mol. The second kappa shape index (κ2) is 6.37. The maximum Gasteiger partial charge on any atom is 0.231 e. The number of thiophene rings is 1. The number of nitrogens with zero attached hydrogens (tertiary/aromatic N) is 1. The average Bonchev–Trinajstić information content (AvgIpc) is 3.09. The quantitative estimate of drug-likeness (QED) is 0.944. The van der Waals surface area contributed by atoms with Gasteiger partial charge in [-0.1, -0.05) is 12.1 Å². The fourth-order valence-corrected chi connectivity index (χ4v) is 3.69. The molecule has 1 fully saturated rings. The van der Waals surface area contributed by atoms with Gasteiger partial charge in [0.1, 0.15) is 0 Å². The molecule has 110 valence electrons. The van der Waals surface area contributed by atoms with Crippen molar-refractivity contribution in [2.75, 3.05) is 13.2 Å². The van der Waals surface area contributed by atoms with Crippen molar-refractivity contribution >= 4 is 17.2 Å². The number of ether oxygens (including phenoxy) is 1. The zero-order valence-corrected chi connectivity index (χ0v) is 12.6. The fraction of sp³-hybridized carbons (Fsp3) is 0.375.